The van der Waals surface area contributed by atoms with Gasteiger partial charge in [0.05, 0.1) is 0 Å². The van der Waals surface area contributed by atoms with E-state index in [9.17, 15) is 4.79 Å². The molecular weight excluding hydrogens is 244 g/mol. The molecule has 0 unspecified atom stereocenters. The van der Waals surface area contributed by atoms with Crippen LogP contribution in [0.25, 0.3) is 0 Å². The van der Waals surface area contributed by atoms with Gasteiger partial charge in [0.1, 0.15) is 0 Å². The van der Waals surface area contributed by atoms with Crippen LogP contribution in [0.15, 0.2) is 36.4 Å². The van der Waals surface area contributed by atoms with Crippen molar-refractivity contribution in [1.29, 1.82) is 0 Å². The minimum atomic E-state index is 0.0294. The Balaban J connectivity index is 2.51. The summed E-state index contributed by atoms with van der Waals surface area (Å²) in [6.45, 7) is 5.87. The van der Waals surface area contributed by atoms with E-state index in [1.54, 1.807) is 6.07 Å². The van der Waals surface area contributed by atoms with Crippen molar-refractivity contribution < 1.29 is 4.79 Å². The SMILES string of the molecule is Cc1cc(Cl)cc(C(=O)c2cc(C)ccc2C)c1. The van der Waals surface area contributed by atoms with Crippen LogP contribution in [0.1, 0.15) is 32.6 Å². The molecule has 2 rings (SSSR count). The van der Waals surface area contributed by atoms with Crippen LogP contribution in [0.4, 0.5) is 0 Å². The molecular formula is C16H15ClO. The Morgan fingerprint density at radius 2 is 1.67 bits per heavy atom. The summed E-state index contributed by atoms with van der Waals surface area (Å²) in [5, 5.41) is 0.601. The third-order valence-corrected chi connectivity index (χ3v) is 3.16. The molecule has 0 bridgehead atoms. The standard InChI is InChI=1S/C16H15ClO/c1-10-4-5-12(3)15(8-10)16(18)13-6-11(2)7-14(17)9-13/h4-9H,1-3H3. The van der Waals surface area contributed by atoms with Crippen molar-refractivity contribution in [3.8, 4) is 0 Å². The summed E-state index contributed by atoms with van der Waals surface area (Å²) >= 11 is 6.00. The summed E-state index contributed by atoms with van der Waals surface area (Å²) in [4.78, 5) is 12.5. The number of benzene rings is 2. The lowest BCUT2D eigenvalue weighted by Gasteiger charge is -2.07. The molecule has 2 aromatic rings. The van der Waals surface area contributed by atoms with E-state index in [1.165, 1.54) is 0 Å². The van der Waals surface area contributed by atoms with E-state index in [4.69, 9.17) is 11.6 Å². The molecule has 0 atom stereocenters. The normalized spacial score (nSPS) is 10.4. The number of halogens is 1. The number of hydrogen-bond acceptors (Lipinski definition) is 1. The number of carbonyl (C=O) groups is 1. The predicted molar refractivity (Wildman–Crippen MR) is 75.5 cm³/mol. The summed E-state index contributed by atoms with van der Waals surface area (Å²) < 4.78 is 0. The summed E-state index contributed by atoms with van der Waals surface area (Å²) in [5.74, 6) is 0.0294. The predicted octanol–water partition coefficient (Wildman–Crippen LogP) is 4.50. The Kier molecular flexibility index (Phi) is 3.53. The van der Waals surface area contributed by atoms with Crippen molar-refractivity contribution >= 4 is 17.4 Å². The van der Waals surface area contributed by atoms with Gasteiger partial charge in [-0.25, -0.2) is 0 Å². The molecule has 0 heterocycles. The van der Waals surface area contributed by atoms with Crippen LogP contribution in [0.3, 0.4) is 0 Å². The fraction of sp³-hybridized carbons (Fsp3) is 0.188. The molecule has 0 amide bonds. The fourth-order valence-corrected chi connectivity index (χ4v) is 2.29. The van der Waals surface area contributed by atoms with Crippen molar-refractivity contribution in [2.45, 2.75) is 20.8 Å². The van der Waals surface area contributed by atoms with Gasteiger partial charge in [0, 0.05) is 16.1 Å². The third kappa shape index (κ3) is 2.62. The molecule has 2 heteroatoms. The van der Waals surface area contributed by atoms with Crippen LogP contribution in [-0.2, 0) is 0 Å². The van der Waals surface area contributed by atoms with Crippen molar-refractivity contribution in [3.05, 3.63) is 69.2 Å². The minimum Gasteiger partial charge on any atom is -0.289 e. The number of aryl methyl sites for hydroxylation is 3. The summed E-state index contributed by atoms with van der Waals surface area (Å²) in [7, 11) is 0. The molecule has 0 saturated heterocycles. The van der Waals surface area contributed by atoms with E-state index in [1.807, 2.05) is 51.1 Å². The van der Waals surface area contributed by atoms with Crippen molar-refractivity contribution in [1.82, 2.24) is 0 Å². The van der Waals surface area contributed by atoms with Crippen molar-refractivity contribution in [3.63, 3.8) is 0 Å². The van der Waals surface area contributed by atoms with Gasteiger partial charge >= 0.3 is 0 Å². The molecule has 0 fully saturated rings. The highest BCUT2D eigenvalue weighted by Crippen LogP contribution is 2.20. The Morgan fingerprint density at radius 3 is 2.33 bits per heavy atom. The van der Waals surface area contributed by atoms with Crippen LogP contribution in [-0.4, -0.2) is 5.78 Å². The van der Waals surface area contributed by atoms with Gasteiger partial charge in [-0.1, -0.05) is 29.3 Å². The van der Waals surface area contributed by atoms with E-state index < -0.39 is 0 Å². The average molecular weight is 259 g/mol. The molecule has 2 aromatic carbocycles. The van der Waals surface area contributed by atoms with Gasteiger partial charge in [-0.3, -0.25) is 4.79 Å². The molecule has 0 aliphatic heterocycles. The van der Waals surface area contributed by atoms with Crippen molar-refractivity contribution in [2.75, 3.05) is 0 Å². The maximum absolute atomic E-state index is 12.5. The van der Waals surface area contributed by atoms with E-state index in [-0.39, 0.29) is 5.78 Å². The van der Waals surface area contributed by atoms with E-state index in [2.05, 4.69) is 0 Å². The van der Waals surface area contributed by atoms with Gasteiger partial charge in [-0.15, -0.1) is 0 Å². The second kappa shape index (κ2) is 4.95. The Hall–Kier alpha value is -1.60. The van der Waals surface area contributed by atoms with E-state index in [0.717, 1.165) is 22.3 Å². The van der Waals surface area contributed by atoms with Gasteiger partial charge in [0.2, 0.25) is 0 Å². The first kappa shape index (κ1) is 12.8. The van der Waals surface area contributed by atoms with Gasteiger partial charge in [-0.2, -0.15) is 0 Å². The zero-order chi connectivity index (χ0) is 13.3. The molecule has 0 N–H and O–H groups in total. The minimum absolute atomic E-state index is 0.0294. The highest BCUT2D eigenvalue weighted by molar-refractivity contribution is 6.31. The zero-order valence-electron chi connectivity index (χ0n) is 10.8. The zero-order valence-corrected chi connectivity index (χ0v) is 11.5. The van der Waals surface area contributed by atoms with Crippen molar-refractivity contribution in [2.24, 2.45) is 0 Å². The molecule has 0 saturated carbocycles. The monoisotopic (exact) mass is 258 g/mol. The number of hydrogen-bond donors (Lipinski definition) is 0. The topological polar surface area (TPSA) is 17.1 Å². The van der Waals surface area contributed by atoms with Crippen LogP contribution in [0.2, 0.25) is 5.02 Å². The third-order valence-electron chi connectivity index (χ3n) is 2.94. The summed E-state index contributed by atoms with van der Waals surface area (Å²) in [6, 6.07) is 11.3. The fourth-order valence-electron chi connectivity index (χ4n) is 2.00. The second-order valence-electron chi connectivity index (χ2n) is 4.66. The van der Waals surface area contributed by atoms with E-state index >= 15 is 0 Å². The highest BCUT2D eigenvalue weighted by atomic mass is 35.5. The van der Waals surface area contributed by atoms with Gasteiger partial charge in [-0.05, 0) is 56.2 Å². The Morgan fingerprint density at radius 1 is 0.944 bits per heavy atom. The number of rotatable bonds is 2. The molecule has 92 valence electrons. The largest absolute Gasteiger partial charge is 0.289 e. The smallest absolute Gasteiger partial charge is 0.193 e. The number of carbonyl (C=O) groups excluding carboxylic acids is 1. The molecule has 18 heavy (non-hydrogen) atoms. The van der Waals surface area contributed by atoms with Crippen LogP contribution < -0.4 is 0 Å². The second-order valence-corrected chi connectivity index (χ2v) is 5.10. The highest BCUT2D eigenvalue weighted by Gasteiger charge is 2.12. The van der Waals surface area contributed by atoms with E-state index in [0.29, 0.717) is 10.6 Å². The first-order valence-electron chi connectivity index (χ1n) is 5.86. The maximum Gasteiger partial charge on any atom is 0.193 e. The molecule has 0 radical (unpaired) electrons. The quantitative estimate of drug-likeness (QED) is 0.725. The van der Waals surface area contributed by atoms with Gasteiger partial charge < -0.3 is 0 Å². The van der Waals surface area contributed by atoms with Gasteiger partial charge in [0.15, 0.2) is 5.78 Å². The van der Waals surface area contributed by atoms with Crippen LogP contribution >= 0.6 is 11.6 Å². The lowest BCUT2D eigenvalue weighted by Crippen LogP contribution is -2.04. The maximum atomic E-state index is 12.5. The summed E-state index contributed by atoms with van der Waals surface area (Å²) in [6.07, 6.45) is 0. The molecule has 0 aromatic heterocycles. The molecule has 1 nitrogen and oxygen atoms in total. The number of ketones is 1. The Bertz CT molecular complexity index is 594. The lowest BCUT2D eigenvalue weighted by atomic mass is 9.96. The van der Waals surface area contributed by atoms with Crippen LogP contribution in [0, 0.1) is 20.8 Å². The molecule has 0 spiro atoms. The molecule has 0 aliphatic rings. The first-order valence-corrected chi connectivity index (χ1v) is 6.24. The first-order chi connectivity index (χ1) is 8.47. The van der Waals surface area contributed by atoms with Crippen LogP contribution in [0.5, 0.6) is 0 Å². The molecule has 0 aliphatic carbocycles. The Labute approximate surface area is 112 Å². The average Bonchev–Trinajstić information content (AvgIpc) is 2.30. The summed E-state index contributed by atoms with van der Waals surface area (Å²) in [5.41, 5.74) is 4.47. The van der Waals surface area contributed by atoms with Gasteiger partial charge in [0.25, 0.3) is 0 Å². The lowest BCUT2D eigenvalue weighted by molar-refractivity contribution is 0.103.